The maximum Gasteiger partial charge on any atom is 0.184 e. The summed E-state index contributed by atoms with van der Waals surface area (Å²) in [5, 5.41) is 0. The van der Waals surface area contributed by atoms with Gasteiger partial charge in [-0.3, -0.25) is 9.78 Å². The molecule has 0 amide bonds. The lowest BCUT2D eigenvalue weighted by molar-refractivity contribution is -0.111. The summed E-state index contributed by atoms with van der Waals surface area (Å²) in [6.07, 6.45) is 9.41. The van der Waals surface area contributed by atoms with Crippen LogP contribution in [-0.4, -0.2) is 23.0 Å². The van der Waals surface area contributed by atoms with Crippen molar-refractivity contribution in [2.75, 3.05) is 6.61 Å². The minimum absolute atomic E-state index is 0.0216. The molecule has 20 heavy (non-hydrogen) atoms. The molecular formula is C16H20BrNO2. The van der Waals surface area contributed by atoms with Gasteiger partial charge in [0.2, 0.25) is 0 Å². The number of Topliss-reactive ketones (excluding diaryl/α,β-unsaturated/α-hetero) is 1. The van der Waals surface area contributed by atoms with Gasteiger partial charge in [0.25, 0.3) is 0 Å². The van der Waals surface area contributed by atoms with Crippen molar-refractivity contribution in [1.82, 2.24) is 4.98 Å². The zero-order chi connectivity index (χ0) is 14.0. The standard InChI is InChI=1S/C16H20BrNO2/c17-13-4-5-14(18-11-13)15(19)12-6-9-20-16(10-12)7-2-1-3-8-16/h4-5,11-12H,1-3,6-10H2. The van der Waals surface area contributed by atoms with Gasteiger partial charge in [0.1, 0.15) is 5.69 Å². The van der Waals surface area contributed by atoms with Crippen LogP contribution in [0.25, 0.3) is 0 Å². The summed E-state index contributed by atoms with van der Waals surface area (Å²) >= 11 is 3.35. The van der Waals surface area contributed by atoms with Crippen LogP contribution >= 0.6 is 15.9 Å². The highest BCUT2D eigenvalue weighted by Gasteiger charge is 2.40. The van der Waals surface area contributed by atoms with Gasteiger partial charge in [-0.05, 0) is 53.7 Å². The van der Waals surface area contributed by atoms with Crippen molar-refractivity contribution < 1.29 is 9.53 Å². The molecule has 1 saturated heterocycles. The molecule has 1 aliphatic carbocycles. The van der Waals surface area contributed by atoms with E-state index in [0.29, 0.717) is 12.3 Å². The second kappa shape index (κ2) is 5.94. The number of pyridine rings is 1. The van der Waals surface area contributed by atoms with E-state index in [4.69, 9.17) is 4.74 Å². The highest BCUT2D eigenvalue weighted by Crippen LogP contribution is 2.41. The molecule has 1 unspecified atom stereocenters. The molecule has 108 valence electrons. The van der Waals surface area contributed by atoms with E-state index in [0.717, 1.165) is 30.2 Å². The van der Waals surface area contributed by atoms with Gasteiger partial charge in [0.05, 0.1) is 5.60 Å². The fourth-order valence-corrected chi connectivity index (χ4v) is 3.76. The summed E-state index contributed by atoms with van der Waals surface area (Å²) < 4.78 is 6.97. The summed E-state index contributed by atoms with van der Waals surface area (Å²) in [6.45, 7) is 0.715. The highest BCUT2D eigenvalue weighted by atomic mass is 79.9. The molecular weight excluding hydrogens is 318 g/mol. The summed E-state index contributed by atoms with van der Waals surface area (Å²) in [7, 11) is 0. The van der Waals surface area contributed by atoms with Gasteiger partial charge >= 0.3 is 0 Å². The Balaban J connectivity index is 1.73. The van der Waals surface area contributed by atoms with E-state index in [9.17, 15) is 4.79 Å². The number of aromatic nitrogens is 1. The molecule has 0 bridgehead atoms. The van der Waals surface area contributed by atoms with Crippen LogP contribution in [0.2, 0.25) is 0 Å². The first-order chi connectivity index (χ1) is 9.69. The quantitative estimate of drug-likeness (QED) is 0.760. The van der Waals surface area contributed by atoms with E-state index < -0.39 is 0 Å². The Hall–Kier alpha value is -0.740. The molecule has 1 spiro atoms. The molecule has 2 fully saturated rings. The van der Waals surface area contributed by atoms with Crippen LogP contribution in [0.1, 0.15) is 55.4 Å². The van der Waals surface area contributed by atoms with Crippen LogP contribution in [0.5, 0.6) is 0 Å². The summed E-state index contributed by atoms with van der Waals surface area (Å²) in [5.41, 5.74) is 0.567. The lowest BCUT2D eigenvalue weighted by Gasteiger charge is -2.43. The van der Waals surface area contributed by atoms with Gasteiger partial charge in [-0.15, -0.1) is 0 Å². The van der Waals surface area contributed by atoms with Gasteiger partial charge in [-0.2, -0.15) is 0 Å². The van der Waals surface area contributed by atoms with Crippen molar-refractivity contribution >= 4 is 21.7 Å². The van der Waals surface area contributed by atoms with Crippen molar-refractivity contribution in [2.24, 2.45) is 5.92 Å². The van der Waals surface area contributed by atoms with Gasteiger partial charge < -0.3 is 4.74 Å². The molecule has 1 aliphatic heterocycles. The molecule has 0 radical (unpaired) electrons. The Morgan fingerprint density at radius 1 is 1.30 bits per heavy atom. The predicted molar refractivity (Wildman–Crippen MR) is 80.8 cm³/mol. The average molecular weight is 338 g/mol. The first-order valence-corrected chi connectivity index (χ1v) is 8.28. The first-order valence-electron chi connectivity index (χ1n) is 7.48. The normalized spacial score (nSPS) is 25.6. The Labute approximate surface area is 128 Å². The number of carbonyl (C=O) groups is 1. The smallest absolute Gasteiger partial charge is 0.184 e. The van der Waals surface area contributed by atoms with Crippen molar-refractivity contribution in [3.8, 4) is 0 Å². The highest BCUT2D eigenvalue weighted by molar-refractivity contribution is 9.10. The molecule has 0 N–H and O–H groups in total. The van der Waals surface area contributed by atoms with Crippen molar-refractivity contribution in [3.05, 3.63) is 28.5 Å². The first kappa shape index (κ1) is 14.2. The fraction of sp³-hybridized carbons (Fsp3) is 0.625. The van der Waals surface area contributed by atoms with E-state index >= 15 is 0 Å². The van der Waals surface area contributed by atoms with Crippen LogP contribution in [0.15, 0.2) is 22.8 Å². The van der Waals surface area contributed by atoms with Gasteiger partial charge in [-0.25, -0.2) is 0 Å². The third-order valence-electron chi connectivity index (χ3n) is 4.61. The predicted octanol–water partition coefficient (Wildman–Crippen LogP) is 4.16. The summed E-state index contributed by atoms with van der Waals surface area (Å²) in [6, 6.07) is 3.70. The van der Waals surface area contributed by atoms with E-state index in [1.165, 1.54) is 19.3 Å². The van der Waals surface area contributed by atoms with E-state index in [1.54, 1.807) is 6.20 Å². The van der Waals surface area contributed by atoms with Gasteiger partial charge in [0, 0.05) is 23.2 Å². The molecule has 2 heterocycles. The van der Waals surface area contributed by atoms with Crippen LogP contribution in [-0.2, 0) is 4.74 Å². The minimum Gasteiger partial charge on any atom is -0.375 e. The zero-order valence-electron chi connectivity index (χ0n) is 11.6. The van der Waals surface area contributed by atoms with Gasteiger partial charge in [0.15, 0.2) is 5.78 Å². The summed E-state index contributed by atoms with van der Waals surface area (Å²) in [4.78, 5) is 16.9. The van der Waals surface area contributed by atoms with Crippen LogP contribution in [0.4, 0.5) is 0 Å². The lowest BCUT2D eigenvalue weighted by atomic mass is 9.74. The molecule has 3 nitrogen and oxygen atoms in total. The minimum atomic E-state index is -0.0216. The maximum absolute atomic E-state index is 12.6. The monoisotopic (exact) mass is 337 g/mol. The Kier molecular flexibility index (Phi) is 4.22. The molecule has 1 aromatic heterocycles. The number of halogens is 1. The third-order valence-corrected chi connectivity index (χ3v) is 5.08. The SMILES string of the molecule is O=C(c1ccc(Br)cn1)C1CCOC2(CCCCC2)C1. The van der Waals surface area contributed by atoms with Crippen LogP contribution < -0.4 is 0 Å². The number of carbonyl (C=O) groups excluding carboxylic acids is 1. The topological polar surface area (TPSA) is 39.2 Å². The fourth-order valence-electron chi connectivity index (χ4n) is 3.53. The molecule has 1 aromatic rings. The number of ether oxygens (including phenoxy) is 1. The van der Waals surface area contributed by atoms with Crippen LogP contribution in [0, 0.1) is 5.92 Å². The Bertz CT molecular complexity index is 474. The largest absolute Gasteiger partial charge is 0.375 e. The average Bonchev–Trinajstić information content (AvgIpc) is 2.48. The molecule has 4 heteroatoms. The molecule has 1 atom stereocenters. The maximum atomic E-state index is 12.6. The Morgan fingerprint density at radius 2 is 2.10 bits per heavy atom. The third kappa shape index (κ3) is 2.96. The van der Waals surface area contributed by atoms with Crippen molar-refractivity contribution in [2.45, 2.75) is 50.5 Å². The number of hydrogen-bond donors (Lipinski definition) is 0. The van der Waals surface area contributed by atoms with Gasteiger partial charge in [-0.1, -0.05) is 19.3 Å². The zero-order valence-corrected chi connectivity index (χ0v) is 13.2. The van der Waals surface area contributed by atoms with E-state index in [-0.39, 0.29) is 17.3 Å². The molecule has 1 saturated carbocycles. The number of hydrogen-bond acceptors (Lipinski definition) is 3. The second-order valence-corrected chi connectivity index (χ2v) is 6.92. The number of ketones is 1. The second-order valence-electron chi connectivity index (χ2n) is 6.01. The van der Waals surface area contributed by atoms with E-state index in [1.807, 2.05) is 12.1 Å². The summed E-state index contributed by atoms with van der Waals surface area (Å²) in [5.74, 6) is 0.265. The number of rotatable bonds is 2. The Morgan fingerprint density at radius 3 is 2.80 bits per heavy atom. The van der Waals surface area contributed by atoms with Crippen molar-refractivity contribution in [3.63, 3.8) is 0 Å². The lowest BCUT2D eigenvalue weighted by Crippen LogP contribution is -2.43. The number of nitrogens with zero attached hydrogens (tertiary/aromatic N) is 1. The van der Waals surface area contributed by atoms with Crippen molar-refractivity contribution in [1.29, 1.82) is 0 Å². The molecule has 0 aromatic carbocycles. The molecule has 3 rings (SSSR count). The molecule has 2 aliphatic rings. The van der Waals surface area contributed by atoms with E-state index in [2.05, 4.69) is 20.9 Å². The van der Waals surface area contributed by atoms with Crippen LogP contribution in [0.3, 0.4) is 0 Å².